The van der Waals surface area contributed by atoms with Gasteiger partial charge in [0, 0.05) is 18.1 Å². The third-order valence-electron chi connectivity index (χ3n) is 1.95. The molecule has 0 radical (unpaired) electrons. The highest BCUT2D eigenvalue weighted by atomic mass is 79.9. The molecule has 1 amide bonds. The van der Waals surface area contributed by atoms with Crippen molar-refractivity contribution < 1.29 is 4.79 Å². The largest absolute Gasteiger partial charge is 0.332 e. The topological polar surface area (TPSA) is 20.3 Å². The summed E-state index contributed by atoms with van der Waals surface area (Å²) >= 11 is 8.66. The molecule has 1 aromatic rings. The van der Waals surface area contributed by atoms with E-state index in [1.165, 1.54) is 10.5 Å². The lowest BCUT2D eigenvalue weighted by molar-refractivity contribution is 0.232. The molecule has 2 nitrogen and oxygen atoms in total. The van der Waals surface area contributed by atoms with E-state index in [1.807, 2.05) is 24.3 Å². The van der Waals surface area contributed by atoms with Crippen LogP contribution in [0, 0.1) is 0 Å². The van der Waals surface area contributed by atoms with E-state index in [2.05, 4.69) is 15.9 Å². The molecule has 0 unspecified atom stereocenters. The average molecular weight is 277 g/mol. The van der Waals surface area contributed by atoms with Crippen LogP contribution < -0.4 is 0 Å². The minimum Gasteiger partial charge on any atom is -0.332 e. The van der Waals surface area contributed by atoms with Gasteiger partial charge in [0.25, 0.3) is 0 Å². The summed E-state index contributed by atoms with van der Waals surface area (Å²) in [5, 5.41) is -0.415. The minimum atomic E-state index is -0.415. The van der Waals surface area contributed by atoms with Crippen molar-refractivity contribution in [3.05, 3.63) is 34.3 Å². The Kier molecular flexibility index (Phi) is 4.42. The van der Waals surface area contributed by atoms with Crippen molar-refractivity contribution in [1.29, 1.82) is 0 Å². The van der Waals surface area contributed by atoms with Gasteiger partial charge in [-0.15, -0.1) is 0 Å². The molecule has 4 heteroatoms. The van der Waals surface area contributed by atoms with Crippen LogP contribution in [-0.4, -0.2) is 23.9 Å². The van der Waals surface area contributed by atoms with E-state index >= 15 is 0 Å². The maximum atomic E-state index is 10.7. The molecule has 0 heterocycles. The second-order valence-electron chi connectivity index (χ2n) is 3.05. The first-order valence-electron chi connectivity index (χ1n) is 4.24. The first kappa shape index (κ1) is 11.5. The third kappa shape index (κ3) is 3.68. The Morgan fingerprint density at radius 2 is 2.00 bits per heavy atom. The number of carbonyl (C=O) groups excluding carboxylic acids is 1. The number of hydrogen-bond donors (Lipinski definition) is 0. The third-order valence-corrected chi connectivity index (χ3v) is 2.77. The Hall–Kier alpha value is -0.540. The first-order valence-corrected chi connectivity index (χ1v) is 5.42. The number of halogens is 2. The maximum Gasteiger partial charge on any atom is 0.316 e. The predicted octanol–water partition coefficient (Wildman–Crippen LogP) is 3.28. The Labute approximate surface area is 97.0 Å². The van der Waals surface area contributed by atoms with Gasteiger partial charge in [-0.2, -0.15) is 0 Å². The highest BCUT2D eigenvalue weighted by Gasteiger charge is 2.03. The van der Waals surface area contributed by atoms with Gasteiger partial charge in [-0.3, -0.25) is 4.79 Å². The molecule has 0 aliphatic carbocycles. The van der Waals surface area contributed by atoms with Crippen molar-refractivity contribution in [2.45, 2.75) is 6.42 Å². The fourth-order valence-corrected chi connectivity index (χ4v) is 1.38. The normalized spacial score (nSPS) is 9.93. The van der Waals surface area contributed by atoms with Crippen molar-refractivity contribution in [3.63, 3.8) is 0 Å². The van der Waals surface area contributed by atoms with Crippen LogP contribution in [0.3, 0.4) is 0 Å². The van der Waals surface area contributed by atoms with Crippen LogP contribution in [0.5, 0.6) is 0 Å². The van der Waals surface area contributed by atoms with Crippen LogP contribution in [0.2, 0.25) is 0 Å². The second kappa shape index (κ2) is 5.37. The molecule has 0 saturated heterocycles. The summed E-state index contributed by atoms with van der Waals surface area (Å²) in [7, 11) is 1.69. The second-order valence-corrected chi connectivity index (χ2v) is 4.29. The van der Waals surface area contributed by atoms with Crippen LogP contribution >= 0.6 is 27.5 Å². The summed E-state index contributed by atoms with van der Waals surface area (Å²) in [5.74, 6) is 0. The molecule has 0 N–H and O–H groups in total. The van der Waals surface area contributed by atoms with E-state index in [9.17, 15) is 4.79 Å². The van der Waals surface area contributed by atoms with E-state index < -0.39 is 5.37 Å². The summed E-state index contributed by atoms with van der Waals surface area (Å²) in [6.07, 6.45) is 0.822. The number of rotatable bonds is 3. The molecule has 1 aromatic carbocycles. The fraction of sp³-hybridized carbons (Fsp3) is 0.300. The van der Waals surface area contributed by atoms with E-state index in [0.717, 1.165) is 10.9 Å². The van der Waals surface area contributed by atoms with Crippen molar-refractivity contribution >= 4 is 32.9 Å². The molecule has 14 heavy (non-hydrogen) atoms. The highest BCUT2D eigenvalue weighted by molar-refractivity contribution is 9.10. The van der Waals surface area contributed by atoms with Gasteiger partial charge in [0.15, 0.2) is 0 Å². The smallest absolute Gasteiger partial charge is 0.316 e. The number of nitrogens with zero attached hydrogens (tertiary/aromatic N) is 1. The van der Waals surface area contributed by atoms with Crippen LogP contribution in [0.1, 0.15) is 5.56 Å². The number of amides is 1. The SMILES string of the molecule is CN(CCc1ccc(Br)cc1)C(=O)Cl. The molecular weight excluding hydrogens is 265 g/mol. The molecule has 0 aromatic heterocycles. The summed E-state index contributed by atoms with van der Waals surface area (Å²) in [5.41, 5.74) is 1.19. The van der Waals surface area contributed by atoms with Gasteiger partial charge in [0.2, 0.25) is 0 Å². The molecule has 0 bridgehead atoms. The van der Waals surface area contributed by atoms with Crippen molar-refractivity contribution in [2.75, 3.05) is 13.6 Å². The van der Waals surface area contributed by atoms with Crippen LogP contribution in [-0.2, 0) is 6.42 Å². The summed E-state index contributed by atoms with van der Waals surface area (Å²) in [6.45, 7) is 0.643. The van der Waals surface area contributed by atoms with Gasteiger partial charge in [0.05, 0.1) is 0 Å². The number of hydrogen-bond acceptors (Lipinski definition) is 1. The molecule has 0 atom stereocenters. The Balaban J connectivity index is 2.46. The quantitative estimate of drug-likeness (QED) is 0.613. The number of benzene rings is 1. The van der Waals surface area contributed by atoms with Crippen LogP contribution in [0.15, 0.2) is 28.7 Å². The van der Waals surface area contributed by atoms with E-state index in [4.69, 9.17) is 11.6 Å². The van der Waals surface area contributed by atoms with Gasteiger partial charge in [0.1, 0.15) is 0 Å². The fourth-order valence-electron chi connectivity index (χ4n) is 1.04. The summed E-state index contributed by atoms with van der Waals surface area (Å²) in [4.78, 5) is 12.2. The Morgan fingerprint density at radius 3 is 2.50 bits per heavy atom. The molecule has 0 aliphatic heterocycles. The van der Waals surface area contributed by atoms with Gasteiger partial charge in [-0.1, -0.05) is 28.1 Å². The van der Waals surface area contributed by atoms with Crippen molar-refractivity contribution in [3.8, 4) is 0 Å². The first-order chi connectivity index (χ1) is 6.59. The minimum absolute atomic E-state index is 0.415. The molecule has 0 fully saturated rings. The standard InChI is InChI=1S/C10H11BrClNO/c1-13(10(12)14)7-6-8-2-4-9(11)5-3-8/h2-5H,6-7H2,1H3. The summed E-state index contributed by atoms with van der Waals surface area (Å²) < 4.78 is 1.06. The maximum absolute atomic E-state index is 10.7. The zero-order valence-corrected chi connectivity index (χ0v) is 10.2. The van der Waals surface area contributed by atoms with Crippen molar-refractivity contribution in [1.82, 2.24) is 4.90 Å². The average Bonchev–Trinajstić information content (AvgIpc) is 2.16. The monoisotopic (exact) mass is 275 g/mol. The molecule has 1 rings (SSSR count). The van der Waals surface area contributed by atoms with Crippen LogP contribution in [0.25, 0.3) is 0 Å². The Morgan fingerprint density at radius 1 is 1.43 bits per heavy atom. The molecule has 0 aliphatic rings. The lowest BCUT2D eigenvalue weighted by Crippen LogP contribution is -2.23. The number of likely N-dealkylation sites (N-methyl/N-ethyl adjacent to an activating group) is 1. The van der Waals surface area contributed by atoms with E-state index in [-0.39, 0.29) is 0 Å². The van der Waals surface area contributed by atoms with Crippen LogP contribution in [0.4, 0.5) is 4.79 Å². The van der Waals surface area contributed by atoms with E-state index in [0.29, 0.717) is 6.54 Å². The summed E-state index contributed by atoms with van der Waals surface area (Å²) in [6, 6.07) is 8.02. The molecular formula is C10H11BrClNO. The predicted molar refractivity (Wildman–Crippen MR) is 61.7 cm³/mol. The Bertz CT molecular complexity index is 312. The van der Waals surface area contributed by atoms with Gasteiger partial charge in [-0.05, 0) is 35.7 Å². The zero-order chi connectivity index (χ0) is 10.6. The van der Waals surface area contributed by atoms with E-state index in [1.54, 1.807) is 7.05 Å². The van der Waals surface area contributed by atoms with Crippen molar-refractivity contribution in [2.24, 2.45) is 0 Å². The number of carbonyl (C=O) groups is 1. The molecule has 76 valence electrons. The van der Waals surface area contributed by atoms with Gasteiger partial charge in [-0.25, -0.2) is 0 Å². The molecule has 0 saturated carbocycles. The van der Waals surface area contributed by atoms with Gasteiger partial charge < -0.3 is 4.90 Å². The lowest BCUT2D eigenvalue weighted by Gasteiger charge is -2.12. The lowest BCUT2D eigenvalue weighted by atomic mass is 10.1. The molecule has 0 spiro atoms. The highest BCUT2D eigenvalue weighted by Crippen LogP contribution is 2.11. The van der Waals surface area contributed by atoms with Gasteiger partial charge >= 0.3 is 5.37 Å². The zero-order valence-electron chi connectivity index (χ0n) is 7.84.